The number of nitrogens with zero attached hydrogens (tertiary/aromatic N) is 2. The van der Waals surface area contributed by atoms with Crippen LogP contribution in [0.15, 0.2) is 54.6 Å². The lowest BCUT2D eigenvalue weighted by atomic mass is 10.2. The molecule has 0 bridgehead atoms. The van der Waals surface area contributed by atoms with Crippen molar-refractivity contribution < 1.29 is 27.4 Å². The van der Waals surface area contributed by atoms with E-state index in [-0.39, 0.29) is 5.88 Å². The van der Waals surface area contributed by atoms with Crippen LogP contribution >= 0.6 is 11.6 Å². The smallest absolute Gasteiger partial charge is 0.435 e. The Balaban J connectivity index is 1.80. The highest BCUT2D eigenvalue weighted by Gasteiger charge is 2.40. The molecule has 1 amide bonds. The van der Waals surface area contributed by atoms with Crippen molar-refractivity contribution in [3.05, 3.63) is 70.9 Å². The highest BCUT2D eigenvalue weighted by molar-refractivity contribution is 6.30. The SMILES string of the molecule is Cn1nc(C(F)(F)F)c(COC(=O)Nc2ccc(Cl)cc2)c1Oc1ccccc1. The van der Waals surface area contributed by atoms with Crippen molar-refractivity contribution in [2.75, 3.05) is 5.32 Å². The Bertz CT molecular complexity index is 990. The Morgan fingerprint density at radius 1 is 1.14 bits per heavy atom. The molecule has 0 radical (unpaired) electrons. The van der Waals surface area contributed by atoms with E-state index >= 15 is 0 Å². The molecule has 6 nitrogen and oxygen atoms in total. The number of benzene rings is 2. The topological polar surface area (TPSA) is 65.4 Å². The molecule has 0 saturated heterocycles. The zero-order chi connectivity index (χ0) is 21.0. The van der Waals surface area contributed by atoms with E-state index in [1.54, 1.807) is 42.5 Å². The van der Waals surface area contributed by atoms with E-state index in [1.165, 1.54) is 19.2 Å². The van der Waals surface area contributed by atoms with E-state index in [2.05, 4.69) is 10.4 Å². The maximum Gasteiger partial charge on any atom is 0.435 e. The molecule has 3 rings (SSSR count). The van der Waals surface area contributed by atoms with Gasteiger partial charge in [-0.05, 0) is 36.4 Å². The van der Waals surface area contributed by atoms with Gasteiger partial charge in [0.25, 0.3) is 0 Å². The molecule has 0 aliphatic rings. The van der Waals surface area contributed by atoms with Crippen molar-refractivity contribution in [3.63, 3.8) is 0 Å². The summed E-state index contributed by atoms with van der Waals surface area (Å²) in [6, 6.07) is 14.4. The molecule has 0 aliphatic carbocycles. The zero-order valence-electron chi connectivity index (χ0n) is 15.0. The first kappa shape index (κ1) is 20.5. The normalized spacial score (nSPS) is 11.2. The summed E-state index contributed by atoms with van der Waals surface area (Å²) in [5.41, 5.74) is -1.21. The molecule has 0 aliphatic heterocycles. The summed E-state index contributed by atoms with van der Waals surface area (Å²) < 4.78 is 51.6. The molecule has 0 atom stereocenters. The molecule has 0 saturated carbocycles. The summed E-state index contributed by atoms with van der Waals surface area (Å²) in [5.74, 6) is 0.138. The summed E-state index contributed by atoms with van der Waals surface area (Å²) in [6.07, 6.45) is -5.68. The van der Waals surface area contributed by atoms with Gasteiger partial charge in [0.15, 0.2) is 5.69 Å². The van der Waals surface area contributed by atoms with E-state index in [9.17, 15) is 18.0 Å². The van der Waals surface area contributed by atoms with Crippen molar-refractivity contribution in [2.45, 2.75) is 12.8 Å². The Kier molecular flexibility index (Phi) is 5.97. The quantitative estimate of drug-likeness (QED) is 0.575. The number of rotatable bonds is 5. The number of aromatic nitrogens is 2. The molecule has 2 aromatic carbocycles. The first-order valence-corrected chi connectivity index (χ1v) is 8.67. The van der Waals surface area contributed by atoms with Crippen molar-refractivity contribution in [3.8, 4) is 11.6 Å². The second-order valence-corrected chi connectivity index (χ2v) is 6.31. The lowest BCUT2D eigenvalue weighted by molar-refractivity contribution is -0.142. The van der Waals surface area contributed by atoms with Crippen molar-refractivity contribution in [1.82, 2.24) is 9.78 Å². The number of carbonyl (C=O) groups excluding carboxylic acids is 1. The second-order valence-electron chi connectivity index (χ2n) is 5.88. The number of carbonyl (C=O) groups is 1. The van der Waals surface area contributed by atoms with Gasteiger partial charge in [-0.2, -0.15) is 18.3 Å². The van der Waals surface area contributed by atoms with Gasteiger partial charge >= 0.3 is 12.3 Å². The minimum absolute atomic E-state index is 0.178. The molecule has 29 heavy (non-hydrogen) atoms. The minimum Gasteiger partial charge on any atom is -0.444 e. The number of amides is 1. The predicted octanol–water partition coefficient (Wildman–Crippen LogP) is 5.63. The van der Waals surface area contributed by atoms with Gasteiger partial charge in [0, 0.05) is 17.8 Å². The largest absolute Gasteiger partial charge is 0.444 e. The number of aryl methyl sites for hydroxylation is 1. The fourth-order valence-electron chi connectivity index (χ4n) is 2.46. The van der Waals surface area contributed by atoms with Gasteiger partial charge in [0.05, 0.1) is 5.56 Å². The molecular weight excluding hydrogens is 411 g/mol. The maximum absolute atomic E-state index is 13.4. The van der Waals surface area contributed by atoms with Gasteiger partial charge in [-0.1, -0.05) is 29.8 Å². The van der Waals surface area contributed by atoms with Gasteiger partial charge in [-0.15, -0.1) is 0 Å². The van der Waals surface area contributed by atoms with Crippen LogP contribution < -0.4 is 10.1 Å². The Morgan fingerprint density at radius 3 is 2.41 bits per heavy atom. The molecule has 1 heterocycles. The van der Waals surface area contributed by atoms with Crippen LogP contribution in [0.2, 0.25) is 5.02 Å². The van der Waals surface area contributed by atoms with Gasteiger partial charge < -0.3 is 9.47 Å². The van der Waals surface area contributed by atoms with E-state index in [0.717, 1.165) is 4.68 Å². The molecule has 3 aromatic rings. The third-order valence-corrected chi connectivity index (χ3v) is 4.00. The van der Waals surface area contributed by atoms with E-state index in [4.69, 9.17) is 21.1 Å². The Hall–Kier alpha value is -3.20. The first-order valence-electron chi connectivity index (χ1n) is 8.29. The van der Waals surface area contributed by atoms with Gasteiger partial charge in [-0.25, -0.2) is 9.48 Å². The highest BCUT2D eigenvalue weighted by atomic mass is 35.5. The highest BCUT2D eigenvalue weighted by Crippen LogP contribution is 2.37. The number of halogens is 4. The van der Waals surface area contributed by atoms with Gasteiger partial charge in [0.2, 0.25) is 5.88 Å². The van der Waals surface area contributed by atoms with Crippen LogP contribution in [0, 0.1) is 0 Å². The first-order chi connectivity index (χ1) is 13.7. The standard InChI is InChI=1S/C19H15ClF3N3O3/c1-26-17(29-14-5-3-2-4-6-14)15(16(25-26)19(21,22)23)11-28-18(27)24-13-9-7-12(20)8-10-13/h2-10H,11H2,1H3,(H,24,27). The van der Waals surface area contributed by atoms with Crippen molar-refractivity contribution in [2.24, 2.45) is 7.05 Å². The second kappa shape index (κ2) is 8.44. The molecule has 0 unspecified atom stereocenters. The van der Waals surface area contributed by atoms with Crippen LogP contribution in [0.4, 0.5) is 23.7 Å². The van der Waals surface area contributed by atoms with Crippen LogP contribution in [-0.2, 0) is 24.6 Å². The number of hydrogen-bond acceptors (Lipinski definition) is 4. The number of ether oxygens (including phenoxy) is 2. The summed E-state index contributed by atoms with van der Waals surface area (Å²) in [4.78, 5) is 12.0. The van der Waals surface area contributed by atoms with E-state index in [0.29, 0.717) is 16.5 Å². The Morgan fingerprint density at radius 2 is 1.79 bits per heavy atom. The lowest BCUT2D eigenvalue weighted by Crippen LogP contribution is -2.15. The molecule has 1 aromatic heterocycles. The minimum atomic E-state index is -4.75. The summed E-state index contributed by atoms with van der Waals surface area (Å²) in [5, 5.41) is 6.36. The predicted molar refractivity (Wildman–Crippen MR) is 100.0 cm³/mol. The molecule has 152 valence electrons. The van der Waals surface area contributed by atoms with Crippen molar-refractivity contribution >= 4 is 23.4 Å². The average Bonchev–Trinajstić information content (AvgIpc) is 2.99. The maximum atomic E-state index is 13.4. The number of para-hydroxylation sites is 1. The van der Waals surface area contributed by atoms with E-state index in [1.807, 2.05) is 0 Å². The number of anilines is 1. The van der Waals surface area contributed by atoms with E-state index < -0.39 is 30.1 Å². The zero-order valence-corrected chi connectivity index (χ0v) is 15.8. The summed E-state index contributed by atoms with van der Waals surface area (Å²) >= 11 is 5.76. The molecular formula is C19H15ClF3N3O3. The molecule has 0 fully saturated rings. The molecule has 1 N–H and O–H groups in total. The summed E-state index contributed by atoms with van der Waals surface area (Å²) in [7, 11) is 1.31. The fraction of sp³-hybridized carbons (Fsp3) is 0.158. The Labute approximate surface area is 168 Å². The average molecular weight is 426 g/mol. The van der Waals surface area contributed by atoms with Crippen LogP contribution in [0.3, 0.4) is 0 Å². The fourth-order valence-corrected chi connectivity index (χ4v) is 2.59. The van der Waals surface area contributed by atoms with Gasteiger partial charge in [0.1, 0.15) is 12.4 Å². The third-order valence-electron chi connectivity index (χ3n) is 3.75. The van der Waals surface area contributed by atoms with Crippen LogP contribution in [0.25, 0.3) is 0 Å². The monoisotopic (exact) mass is 425 g/mol. The summed E-state index contributed by atoms with van der Waals surface area (Å²) in [6.45, 7) is -0.690. The van der Waals surface area contributed by atoms with Crippen LogP contribution in [0.1, 0.15) is 11.3 Å². The van der Waals surface area contributed by atoms with Crippen LogP contribution in [-0.4, -0.2) is 15.9 Å². The number of nitrogens with one attached hydrogen (secondary N) is 1. The van der Waals surface area contributed by atoms with Crippen molar-refractivity contribution in [1.29, 1.82) is 0 Å². The number of hydrogen-bond donors (Lipinski definition) is 1. The van der Waals surface area contributed by atoms with Gasteiger partial charge in [-0.3, -0.25) is 5.32 Å². The third kappa shape index (κ3) is 5.20. The number of alkyl halides is 3. The van der Waals surface area contributed by atoms with Crippen LogP contribution in [0.5, 0.6) is 11.6 Å². The lowest BCUT2D eigenvalue weighted by Gasteiger charge is -2.11. The molecule has 10 heteroatoms. The molecule has 0 spiro atoms.